The van der Waals surface area contributed by atoms with Gasteiger partial charge in [0, 0.05) is 14.1 Å². The summed E-state index contributed by atoms with van der Waals surface area (Å²) in [4.78, 5) is 0. The second-order valence-corrected chi connectivity index (χ2v) is 11.5. The van der Waals surface area contributed by atoms with Gasteiger partial charge in [-0.1, -0.05) is 19.6 Å². The minimum absolute atomic E-state index is 1.36. The highest BCUT2D eigenvalue weighted by atomic mass is 28.4. The van der Waals surface area contributed by atoms with E-state index in [0.717, 1.165) is 0 Å². The molecule has 0 heterocycles. The summed E-state index contributed by atoms with van der Waals surface area (Å²) in [6.45, 7) is 6.58. The van der Waals surface area contributed by atoms with Crippen LogP contribution in [0.3, 0.4) is 0 Å². The molecule has 66 valence electrons. The Kier molecular flexibility index (Phi) is 3.43. The molecule has 0 aromatic heterocycles. The minimum atomic E-state index is -1.66. The normalized spacial score (nSPS) is 11.1. The van der Waals surface area contributed by atoms with Gasteiger partial charge >= 0.3 is 9.01 Å². The molecule has 0 aromatic rings. The van der Waals surface area contributed by atoms with Crippen molar-refractivity contribution in [3.05, 3.63) is 0 Å². The van der Waals surface area contributed by atoms with E-state index >= 15 is 0 Å². The van der Waals surface area contributed by atoms with Crippen LogP contribution in [0.4, 0.5) is 0 Å². The lowest BCUT2D eigenvalue weighted by Gasteiger charge is -2.31. The average Bonchev–Trinajstić information content (AvgIpc) is 1.82. The van der Waals surface area contributed by atoms with E-state index in [0.29, 0.717) is 0 Å². The first-order valence-electron chi connectivity index (χ1n) is 3.72. The molecular weight excluding hydrogens is 172 g/mol. The molecule has 0 saturated carbocycles. The first-order valence-corrected chi connectivity index (χ1v) is 8.47. The molecule has 11 heavy (non-hydrogen) atoms. The Balaban J connectivity index is 4.26. The monoisotopic (exact) mass is 190 g/mol. The van der Waals surface area contributed by atoms with Crippen LogP contribution >= 0.6 is 0 Å². The van der Waals surface area contributed by atoms with Gasteiger partial charge in [-0.25, -0.2) is 0 Å². The molecule has 0 aliphatic rings. The Labute approximate surface area is 71.9 Å². The van der Waals surface area contributed by atoms with Crippen molar-refractivity contribution in [3.63, 3.8) is 0 Å². The molecule has 0 spiro atoms. The van der Waals surface area contributed by atoms with Gasteiger partial charge in [-0.05, 0) is 7.05 Å². The standard InChI is InChI=1S/C6H18N2OSi2/c1-7(2)10(9)8(3)11(4,5)6/h1-6H3. The van der Waals surface area contributed by atoms with Crippen LogP contribution in [0.25, 0.3) is 0 Å². The van der Waals surface area contributed by atoms with E-state index in [2.05, 4.69) is 19.6 Å². The van der Waals surface area contributed by atoms with Gasteiger partial charge in [-0.15, -0.1) is 0 Å². The Bertz CT molecular complexity index is 153. The SMILES string of the molecule is CN(C)[Si](=O)N(C)[Si](C)(C)C. The zero-order chi connectivity index (χ0) is 9.23. The summed E-state index contributed by atoms with van der Waals surface area (Å²) in [5, 5.41) is 0. The highest BCUT2D eigenvalue weighted by molar-refractivity contribution is 6.79. The number of nitrogens with zero attached hydrogens (tertiary/aromatic N) is 2. The van der Waals surface area contributed by atoms with Gasteiger partial charge in [0.1, 0.15) is 8.24 Å². The molecule has 0 aliphatic heterocycles. The van der Waals surface area contributed by atoms with E-state index in [4.69, 9.17) is 0 Å². The van der Waals surface area contributed by atoms with Crippen molar-refractivity contribution < 1.29 is 4.46 Å². The van der Waals surface area contributed by atoms with Crippen molar-refractivity contribution in [2.75, 3.05) is 21.1 Å². The second-order valence-electron chi connectivity index (χ2n) is 3.91. The molecule has 0 radical (unpaired) electrons. The van der Waals surface area contributed by atoms with Crippen molar-refractivity contribution in [1.82, 2.24) is 8.80 Å². The fraction of sp³-hybridized carbons (Fsp3) is 1.00. The maximum absolute atomic E-state index is 11.6. The van der Waals surface area contributed by atoms with E-state index in [1.54, 1.807) is 4.57 Å². The van der Waals surface area contributed by atoms with Gasteiger partial charge in [0.05, 0.1) is 0 Å². The third-order valence-corrected chi connectivity index (χ3v) is 7.61. The Morgan fingerprint density at radius 1 is 1.09 bits per heavy atom. The third-order valence-electron chi connectivity index (χ3n) is 1.68. The zero-order valence-corrected chi connectivity index (χ0v) is 10.3. The number of rotatable bonds is 3. The lowest BCUT2D eigenvalue weighted by molar-refractivity contribution is 0.442. The van der Waals surface area contributed by atoms with Gasteiger partial charge in [0.2, 0.25) is 0 Å². The van der Waals surface area contributed by atoms with Crippen LogP contribution in [0.2, 0.25) is 19.6 Å². The Morgan fingerprint density at radius 2 is 1.45 bits per heavy atom. The molecule has 0 fully saturated rings. The highest BCUT2D eigenvalue weighted by Crippen LogP contribution is 2.05. The number of hydrogen-bond donors (Lipinski definition) is 0. The second kappa shape index (κ2) is 3.49. The summed E-state index contributed by atoms with van der Waals surface area (Å²) >= 11 is 0. The predicted octanol–water partition coefficient (Wildman–Crippen LogP) is 0.730. The summed E-state index contributed by atoms with van der Waals surface area (Å²) in [6.07, 6.45) is 0. The molecule has 0 rings (SSSR count). The molecule has 0 bridgehead atoms. The summed E-state index contributed by atoms with van der Waals surface area (Å²) < 4.78 is 15.4. The largest absolute Gasteiger partial charge is 0.511 e. The summed E-state index contributed by atoms with van der Waals surface area (Å²) in [7, 11) is 2.64. The zero-order valence-electron chi connectivity index (χ0n) is 8.30. The molecular formula is C6H18N2OSi2. The van der Waals surface area contributed by atoms with E-state index in [1.165, 1.54) is 0 Å². The summed E-state index contributed by atoms with van der Waals surface area (Å²) in [6, 6.07) is 0. The molecule has 0 aliphatic carbocycles. The van der Waals surface area contributed by atoms with Crippen molar-refractivity contribution in [1.29, 1.82) is 0 Å². The van der Waals surface area contributed by atoms with Crippen molar-refractivity contribution in [3.8, 4) is 0 Å². The van der Waals surface area contributed by atoms with Crippen LogP contribution < -0.4 is 0 Å². The highest BCUT2D eigenvalue weighted by Gasteiger charge is 2.27. The first kappa shape index (κ1) is 10.8. The predicted molar refractivity (Wildman–Crippen MR) is 51.2 cm³/mol. The fourth-order valence-electron chi connectivity index (χ4n) is 0.587. The smallest absolute Gasteiger partial charge is 0.391 e. The maximum atomic E-state index is 11.6. The van der Waals surface area contributed by atoms with Crippen LogP contribution in [0.15, 0.2) is 0 Å². The molecule has 0 N–H and O–H groups in total. The molecule has 0 unspecified atom stereocenters. The lowest BCUT2D eigenvalue weighted by atomic mass is 11.3. The van der Waals surface area contributed by atoms with Crippen molar-refractivity contribution in [2.24, 2.45) is 0 Å². The summed E-state index contributed by atoms with van der Waals surface area (Å²) in [5.74, 6) is 0. The fourth-order valence-corrected chi connectivity index (χ4v) is 4.08. The maximum Gasteiger partial charge on any atom is 0.511 e. The van der Waals surface area contributed by atoms with Crippen LogP contribution in [0.1, 0.15) is 0 Å². The van der Waals surface area contributed by atoms with Gasteiger partial charge < -0.3 is 13.3 Å². The first-order chi connectivity index (χ1) is 4.76. The van der Waals surface area contributed by atoms with Crippen LogP contribution in [0, 0.1) is 0 Å². The molecule has 5 heteroatoms. The number of hydrogen-bond acceptors (Lipinski definition) is 1. The van der Waals surface area contributed by atoms with Crippen LogP contribution in [-0.4, -0.2) is 47.2 Å². The minimum Gasteiger partial charge on any atom is -0.391 e. The van der Waals surface area contributed by atoms with E-state index in [9.17, 15) is 4.46 Å². The Morgan fingerprint density at radius 3 is 1.55 bits per heavy atom. The molecule has 0 atom stereocenters. The van der Waals surface area contributed by atoms with Gasteiger partial charge in [-0.2, -0.15) is 0 Å². The van der Waals surface area contributed by atoms with E-state index in [1.807, 2.05) is 25.4 Å². The molecule has 0 aromatic carbocycles. The molecule has 0 saturated heterocycles. The average molecular weight is 190 g/mol. The Hall–Kier alpha value is -0.166. The van der Waals surface area contributed by atoms with Crippen molar-refractivity contribution >= 4 is 17.2 Å². The van der Waals surface area contributed by atoms with Gasteiger partial charge in [0.15, 0.2) is 0 Å². The lowest BCUT2D eigenvalue weighted by Crippen LogP contribution is -2.53. The van der Waals surface area contributed by atoms with Gasteiger partial charge in [0.25, 0.3) is 0 Å². The molecule has 3 nitrogen and oxygen atoms in total. The third kappa shape index (κ3) is 3.15. The van der Waals surface area contributed by atoms with Gasteiger partial charge in [-0.3, -0.25) is 0 Å². The van der Waals surface area contributed by atoms with E-state index < -0.39 is 17.2 Å². The van der Waals surface area contributed by atoms with Crippen molar-refractivity contribution in [2.45, 2.75) is 19.6 Å². The topological polar surface area (TPSA) is 23.6 Å². The molecule has 0 amide bonds. The van der Waals surface area contributed by atoms with Crippen LogP contribution in [0.5, 0.6) is 0 Å². The van der Waals surface area contributed by atoms with Crippen LogP contribution in [-0.2, 0) is 4.46 Å². The quantitative estimate of drug-likeness (QED) is 0.613. The van der Waals surface area contributed by atoms with E-state index in [-0.39, 0.29) is 0 Å². The summed E-state index contributed by atoms with van der Waals surface area (Å²) in [5.41, 5.74) is 0.